The second-order valence-electron chi connectivity index (χ2n) is 3.19. The lowest BCUT2D eigenvalue weighted by Gasteiger charge is -2.16. The zero-order valence-corrected chi connectivity index (χ0v) is 6.70. The molecule has 2 aliphatic rings. The molecule has 1 unspecified atom stereocenters. The van der Waals surface area contributed by atoms with Gasteiger partial charge in [-0.2, -0.15) is 0 Å². The van der Waals surface area contributed by atoms with Crippen molar-refractivity contribution in [2.45, 2.75) is 6.17 Å². The topological polar surface area (TPSA) is 15.3 Å². The predicted molar refractivity (Wildman–Crippen MR) is 50.3 cm³/mol. The highest BCUT2D eigenvalue weighted by molar-refractivity contribution is 5.77. The van der Waals surface area contributed by atoms with E-state index in [4.69, 9.17) is 0 Å². The molecule has 1 N–H and O–H groups in total. The zero-order valence-electron chi connectivity index (χ0n) is 6.70. The van der Waals surface area contributed by atoms with Crippen LogP contribution < -0.4 is 10.2 Å². The number of fused-ring (bicyclic) bond motifs is 3. The summed E-state index contributed by atoms with van der Waals surface area (Å²) < 4.78 is 0. The smallest absolute Gasteiger partial charge is 0.119 e. The number of para-hydroxylation sites is 2. The molecule has 0 radical (unpaired) electrons. The summed E-state index contributed by atoms with van der Waals surface area (Å²) in [6, 6.07) is 8.44. The molecular weight excluding hydrogens is 148 g/mol. The van der Waals surface area contributed by atoms with E-state index in [9.17, 15) is 0 Å². The van der Waals surface area contributed by atoms with Crippen LogP contribution in [0.5, 0.6) is 0 Å². The Morgan fingerprint density at radius 2 is 2.25 bits per heavy atom. The zero-order chi connectivity index (χ0) is 7.97. The van der Waals surface area contributed by atoms with E-state index in [2.05, 4.69) is 46.6 Å². The van der Waals surface area contributed by atoms with Gasteiger partial charge in [-0.25, -0.2) is 0 Å². The van der Waals surface area contributed by atoms with Gasteiger partial charge in [0.05, 0.1) is 11.4 Å². The molecule has 1 aromatic rings. The van der Waals surface area contributed by atoms with E-state index in [1.807, 2.05) is 0 Å². The fraction of sp³-hybridized carbons (Fsp3) is 0.200. The van der Waals surface area contributed by atoms with Gasteiger partial charge in [0.15, 0.2) is 0 Å². The molecular formula is C10H10N2. The molecule has 2 aliphatic heterocycles. The van der Waals surface area contributed by atoms with Crippen molar-refractivity contribution in [1.29, 1.82) is 0 Å². The van der Waals surface area contributed by atoms with E-state index in [-0.39, 0.29) is 0 Å². The van der Waals surface area contributed by atoms with E-state index in [1.165, 1.54) is 11.4 Å². The number of nitrogens with one attached hydrogen (secondary N) is 1. The molecule has 2 heterocycles. The third-order valence-electron chi connectivity index (χ3n) is 2.47. The van der Waals surface area contributed by atoms with E-state index in [0.29, 0.717) is 6.17 Å². The Bertz CT molecular complexity index is 343. The highest BCUT2D eigenvalue weighted by Gasteiger charge is 2.27. The molecule has 0 spiro atoms. The summed E-state index contributed by atoms with van der Waals surface area (Å²) >= 11 is 0. The van der Waals surface area contributed by atoms with Gasteiger partial charge in [0.1, 0.15) is 6.17 Å². The summed E-state index contributed by atoms with van der Waals surface area (Å²) in [7, 11) is 0. The molecule has 0 amide bonds. The van der Waals surface area contributed by atoms with Crippen molar-refractivity contribution in [1.82, 2.24) is 0 Å². The summed E-state index contributed by atoms with van der Waals surface area (Å²) in [5.41, 5.74) is 2.58. The van der Waals surface area contributed by atoms with E-state index in [1.54, 1.807) is 0 Å². The Morgan fingerprint density at radius 1 is 1.33 bits per heavy atom. The van der Waals surface area contributed by atoms with Crippen LogP contribution in [-0.4, -0.2) is 12.7 Å². The van der Waals surface area contributed by atoms with Crippen LogP contribution in [0.1, 0.15) is 0 Å². The molecule has 3 rings (SSSR count). The fourth-order valence-corrected chi connectivity index (χ4v) is 1.90. The van der Waals surface area contributed by atoms with Gasteiger partial charge in [-0.05, 0) is 18.2 Å². The van der Waals surface area contributed by atoms with E-state index < -0.39 is 0 Å². The summed E-state index contributed by atoms with van der Waals surface area (Å²) in [4.78, 5) is 2.36. The van der Waals surface area contributed by atoms with Crippen LogP contribution in [0.3, 0.4) is 0 Å². The lowest BCUT2D eigenvalue weighted by molar-refractivity contribution is 0.883. The van der Waals surface area contributed by atoms with Crippen LogP contribution in [0.15, 0.2) is 36.4 Å². The van der Waals surface area contributed by atoms with Gasteiger partial charge < -0.3 is 10.2 Å². The predicted octanol–water partition coefficient (Wildman–Crippen LogP) is 1.81. The van der Waals surface area contributed by atoms with Crippen LogP contribution in [0, 0.1) is 0 Å². The summed E-state index contributed by atoms with van der Waals surface area (Å²) in [5, 5.41) is 3.44. The number of nitrogens with zero attached hydrogens (tertiary/aromatic N) is 1. The molecule has 0 saturated carbocycles. The quantitative estimate of drug-likeness (QED) is 0.579. The Balaban J connectivity index is 2.12. The van der Waals surface area contributed by atoms with E-state index in [0.717, 1.165) is 6.54 Å². The highest BCUT2D eigenvalue weighted by atomic mass is 15.3. The van der Waals surface area contributed by atoms with Crippen LogP contribution >= 0.6 is 0 Å². The maximum Gasteiger partial charge on any atom is 0.119 e. The minimum atomic E-state index is 0.405. The van der Waals surface area contributed by atoms with Crippen molar-refractivity contribution in [2.24, 2.45) is 0 Å². The number of rotatable bonds is 0. The van der Waals surface area contributed by atoms with Gasteiger partial charge in [0.25, 0.3) is 0 Å². The second kappa shape index (κ2) is 2.03. The maximum atomic E-state index is 3.44. The van der Waals surface area contributed by atoms with Crippen molar-refractivity contribution < 1.29 is 0 Å². The Labute approximate surface area is 71.5 Å². The molecule has 0 saturated heterocycles. The first-order valence-corrected chi connectivity index (χ1v) is 4.24. The lowest BCUT2D eigenvalue weighted by Crippen LogP contribution is -2.29. The fourth-order valence-electron chi connectivity index (χ4n) is 1.90. The van der Waals surface area contributed by atoms with Crippen molar-refractivity contribution in [3.8, 4) is 0 Å². The summed E-state index contributed by atoms with van der Waals surface area (Å²) in [5.74, 6) is 0. The third-order valence-corrected chi connectivity index (χ3v) is 2.47. The molecule has 1 atom stereocenters. The van der Waals surface area contributed by atoms with Crippen LogP contribution in [0.4, 0.5) is 11.4 Å². The van der Waals surface area contributed by atoms with Gasteiger partial charge in [-0.3, -0.25) is 0 Å². The average Bonchev–Trinajstić information content (AvgIpc) is 2.62. The number of benzene rings is 1. The maximum absolute atomic E-state index is 3.44. The molecule has 2 nitrogen and oxygen atoms in total. The Hall–Kier alpha value is -1.44. The molecule has 0 aliphatic carbocycles. The molecule has 60 valence electrons. The first kappa shape index (κ1) is 6.12. The monoisotopic (exact) mass is 158 g/mol. The van der Waals surface area contributed by atoms with E-state index >= 15 is 0 Å². The highest BCUT2D eigenvalue weighted by Crippen LogP contribution is 2.36. The SMILES string of the molecule is C1=CC2Nc3ccccc3N2C1. The minimum Gasteiger partial charge on any atom is -0.360 e. The molecule has 12 heavy (non-hydrogen) atoms. The normalized spacial score (nSPS) is 23.7. The Morgan fingerprint density at radius 3 is 3.25 bits per heavy atom. The van der Waals surface area contributed by atoms with Crippen molar-refractivity contribution in [2.75, 3.05) is 16.8 Å². The van der Waals surface area contributed by atoms with Gasteiger partial charge in [-0.15, -0.1) is 0 Å². The Kier molecular flexibility index (Phi) is 1.04. The van der Waals surface area contributed by atoms with Gasteiger partial charge >= 0.3 is 0 Å². The number of hydrogen-bond donors (Lipinski definition) is 1. The molecule has 0 aromatic heterocycles. The third kappa shape index (κ3) is 0.644. The van der Waals surface area contributed by atoms with Crippen LogP contribution in [0.25, 0.3) is 0 Å². The first-order valence-electron chi connectivity index (χ1n) is 4.24. The largest absolute Gasteiger partial charge is 0.360 e. The molecule has 1 aromatic carbocycles. The molecule has 0 fully saturated rings. The second-order valence-corrected chi connectivity index (χ2v) is 3.19. The molecule has 0 bridgehead atoms. The van der Waals surface area contributed by atoms with Gasteiger partial charge in [0, 0.05) is 6.54 Å². The molecule has 2 heteroatoms. The van der Waals surface area contributed by atoms with Crippen LogP contribution in [0.2, 0.25) is 0 Å². The standard InChI is InChI=1S/C10H10N2/c1-2-5-9-8(4-1)11-10-6-3-7-12(9)10/h1-6,10-11H,7H2. The van der Waals surface area contributed by atoms with Gasteiger partial charge in [0.2, 0.25) is 0 Å². The lowest BCUT2D eigenvalue weighted by atomic mass is 10.3. The van der Waals surface area contributed by atoms with Crippen molar-refractivity contribution in [3.05, 3.63) is 36.4 Å². The average molecular weight is 158 g/mol. The number of hydrogen-bond acceptors (Lipinski definition) is 2. The summed E-state index contributed by atoms with van der Waals surface area (Å²) in [6.07, 6.45) is 4.82. The van der Waals surface area contributed by atoms with Crippen molar-refractivity contribution in [3.63, 3.8) is 0 Å². The van der Waals surface area contributed by atoms with Crippen molar-refractivity contribution >= 4 is 11.4 Å². The number of anilines is 2. The van der Waals surface area contributed by atoms with Gasteiger partial charge in [-0.1, -0.05) is 18.2 Å². The minimum absolute atomic E-state index is 0.405. The first-order chi connectivity index (χ1) is 5.95. The van der Waals surface area contributed by atoms with Crippen LogP contribution in [-0.2, 0) is 0 Å². The summed E-state index contributed by atoms with van der Waals surface area (Å²) in [6.45, 7) is 1.04.